The number of benzene rings is 3. The lowest BCUT2D eigenvalue weighted by molar-refractivity contribution is 0.117. The van der Waals surface area contributed by atoms with Crippen molar-refractivity contribution in [3.63, 3.8) is 0 Å². The van der Waals surface area contributed by atoms with Gasteiger partial charge in [-0.25, -0.2) is 8.93 Å². The summed E-state index contributed by atoms with van der Waals surface area (Å²) in [5, 5.41) is 12.5. The Morgan fingerprint density at radius 2 is 1.37 bits per heavy atom. The largest absolute Gasteiger partial charge is 0.396 e. The van der Waals surface area contributed by atoms with Crippen LogP contribution in [0.3, 0.4) is 0 Å². The minimum atomic E-state index is -2.67. The van der Waals surface area contributed by atoms with Gasteiger partial charge >= 0.3 is 0 Å². The Kier molecular flexibility index (Phi) is 10.0. The Morgan fingerprint density at radius 1 is 0.886 bits per heavy atom. The van der Waals surface area contributed by atoms with E-state index in [1.165, 1.54) is 10.4 Å². The molecular formula is C29H39NO3SSi. The molecule has 0 spiro atoms. The van der Waals surface area contributed by atoms with Gasteiger partial charge in [-0.15, -0.1) is 0 Å². The Labute approximate surface area is 214 Å². The predicted octanol–water partition coefficient (Wildman–Crippen LogP) is 4.20. The highest BCUT2D eigenvalue weighted by molar-refractivity contribution is 7.84. The maximum absolute atomic E-state index is 13.5. The van der Waals surface area contributed by atoms with Crippen LogP contribution in [-0.2, 0) is 22.3 Å². The van der Waals surface area contributed by atoms with Crippen LogP contribution in [0.5, 0.6) is 0 Å². The first-order valence-corrected chi connectivity index (χ1v) is 15.6. The smallest absolute Gasteiger partial charge is 0.141 e. The Morgan fingerprint density at radius 3 is 1.83 bits per heavy atom. The number of hydrogen-bond acceptors (Lipinski definition) is 3. The van der Waals surface area contributed by atoms with Crippen molar-refractivity contribution in [2.75, 3.05) is 13.2 Å². The standard InChI is InChI=1S/C29H39NO3SSi/c1-24(20-21-31)35(26-16-10-6-11-17-26,27-18-12-7-13-19-27)28(30-34(32)29(2,3)4)23-33-22-25-14-8-5-9-15-25/h5-19,24,28,30-31H,20-23H2,1-4H3/t24-,28+,34?/m0/s1. The lowest BCUT2D eigenvalue weighted by Gasteiger charge is -2.45. The molecule has 0 radical (unpaired) electrons. The van der Waals surface area contributed by atoms with E-state index >= 15 is 0 Å². The summed E-state index contributed by atoms with van der Waals surface area (Å²) < 4.78 is 23.0. The molecule has 1 unspecified atom stereocenters. The van der Waals surface area contributed by atoms with Gasteiger partial charge in [0.2, 0.25) is 0 Å². The molecule has 35 heavy (non-hydrogen) atoms. The second-order valence-corrected chi connectivity index (χ2v) is 16.6. The fourth-order valence-electron chi connectivity index (χ4n) is 4.76. The van der Waals surface area contributed by atoms with Crippen LogP contribution in [0.4, 0.5) is 0 Å². The predicted molar refractivity (Wildman–Crippen MR) is 150 cm³/mol. The van der Waals surface area contributed by atoms with Crippen LogP contribution in [-0.4, -0.2) is 41.0 Å². The summed E-state index contributed by atoms with van der Waals surface area (Å²) in [7, 11) is -3.96. The zero-order valence-corrected chi connectivity index (χ0v) is 23.1. The van der Waals surface area contributed by atoms with Gasteiger partial charge in [0.05, 0.1) is 28.9 Å². The molecule has 6 heteroatoms. The number of hydrogen-bond donors (Lipinski definition) is 2. The number of nitrogens with one attached hydrogen (secondary N) is 1. The van der Waals surface area contributed by atoms with Gasteiger partial charge in [-0.05, 0) is 38.3 Å². The molecule has 0 aliphatic rings. The number of ether oxygens (including phenoxy) is 1. The van der Waals surface area contributed by atoms with E-state index in [9.17, 15) is 9.32 Å². The molecule has 0 aliphatic carbocycles. The second-order valence-electron chi connectivity index (χ2n) is 10.1. The van der Waals surface area contributed by atoms with E-state index in [-0.39, 0.29) is 17.8 Å². The van der Waals surface area contributed by atoms with Gasteiger partial charge in [0.15, 0.2) is 0 Å². The summed E-state index contributed by atoms with van der Waals surface area (Å²) in [4.78, 5) is 0. The molecule has 0 bridgehead atoms. The quantitative estimate of drug-likeness (QED) is 0.360. The number of rotatable bonds is 12. The second kappa shape index (κ2) is 12.7. The van der Waals surface area contributed by atoms with Crippen LogP contribution in [0.15, 0.2) is 91.0 Å². The first kappa shape index (κ1) is 27.5. The zero-order valence-electron chi connectivity index (χ0n) is 21.3. The van der Waals surface area contributed by atoms with Crippen LogP contribution in [0, 0.1) is 0 Å². The van der Waals surface area contributed by atoms with Crippen LogP contribution in [0.2, 0.25) is 5.54 Å². The van der Waals surface area contributed by atoms with E-state index in [0.717, 1.165) is 5.56 Å². The lowest BCUT2D eigenvalue weighted by atomic mass is 10.2. The van der Waals surface area contributed by atoms with Crippen molar-refractivity contribution in [1.29, 1.82) is 0 Å². The zero-order chi connectivity index (χ0) is 25.3. The van der Waals surface area contributed by atoms with Crippen molar-refractivity contribution in [2.24, 2.45) is 0 Å². The molecule has 0 amide bonds. The molecule has 0 saturated heterocycles. The van der Waals surface area contributed by atoms with Crippen LogP contribution in [0.1, 0.15) is 39.7 Å². The first-order valence-electron chi connectivity index (χ1n) is 12.3. The van der Waals surface area contributed by atoms with Gasteiger partial charge in [-0.2, -0.15) is 0 Å². The van der Waals surface area contributed by atoms with E-state index in [1.807, 2.05) is 51.1 Å². The van der Waals surface area contributed by atoms with Crippen LogP contribution >= 0.6 is 0 Å². The maximum atomic E-state index is 13.5. The van der Waals surface area contributed by atoms with Gasteiger partial charge in [0.25, 0.3) is 0 Å². The van der Waals surface area contributed by atoms with Crippen molar-refractivity contribution >= 4 is 29.4 Å². The van der Waals surface area contributed by atoms with Crippen molar-refractivity contribution in [2.45, 2.75) is 56.7 Å². The molecule has 4 nitrogen and oxygen atoms in total. The summed E-state index contributed by atoms with van der Waals surface area (Å²) in [5.74, 6) is 0. The molecule has 0 saturated carbocycles. The summed E-state index contributed by atoms with van der Waals surface area (Å²) >= 11 is 0. The monoisotopic (exact) mass is 509 g/mol. The molecule has 0 aromatic heterocycles. The maximum Gasteiger partial charge on any atom is 0.141 e. The fraction of sp³-hybridized carbons (Fsp3) is 0.379. The average molecular weight is 510 g/mol. The third-order valence-electron chi connectivity index (χ3n) is 6.59. The molecule has 3 atom stereocenters. The van der Waals surface area contributed by atoms with Crippen molar-refractivity contribution in [3.8, 4) is 0 Å². The van der Waals surface area contributed by atoms with E-state index in [0.29, 0.717) is 19.6 Å². The normalized spacial score (nSPS) is 14.9. The minimum Gasteiger partial charge on any atom is -0.396 e. The topological polar surface area (TPSA) is 58.6 Å². The van der Waals surface area contributed by atoms with Crippen LogP contribution < -0.4 is 15.1 Å². The minimum absolute atomic E-state index is 0.107. The first-order chi connectivity index (χ1) is 16.8. The third-order valence-corrected chi connectivity index (χ3v) is 14.2. The fourth-order valence-corrected chi connectivity index (χ4v) is 11.9. The van der Waals surface area contributed by atoms with E-state index < -0.39 is 23.8 Å². The lowest BCUT2D eigenvalue weighted by Crippen LogP contribution is -2.74. The highest BCUT2D eigenvalue weighted by Gasteiger charge is 2.50. The number of aliphatic hydroxyl groups is 1. The number of aliphatic hydroxyl groups excluding tert-OH is 1. The summed E-state index contributed by atoms with van der Waals surface area (Å²) in [6.45, 7) is 9.21. The summed E-state index contributed by atoms with van der Waals surface area (Å²) in [6.07, 6.45) is 0.662. The van der Waals surface area contributed by atoms with E-state index in [4.69, 9.17) is 4.74 Å². The average Bonchev–Trinajstić information content (AvgIpc) is 2.86. The third kappa shape index (κ3) is 6.77. The Hall–Kier alpha value is -2.09. The SMILES string of the molecule is C[C@@H](CCO)[Si](c1ccccc1)(c1ccccc1)[C@H](COCc1ccccc1)NS(=O)C(C)(C)C. The molecule has 0 heterocycles. The van der Waals surface area contributed by atoms with Gasteiger partial charge in [-0.3, -0.25) is 0 Å². The van der Waals surface area contributed by atoms with Gasteiger partial charge in [0, 0.05) is 12.3 Å². The molecule has 0 fully saturated rings. The Balaban J connectivity index is 2.13. The molecule has 3 rings (SSSR count). The van der Waals surface area contributed by atoms with E-state index in [2.05, 4.69) is 72.3 Å². The highest BCUT2D eigenvalue weighted by atomic mass is 32.2. The van der Waals surface area contributed by atoms with Crippen molar-refractivity contribution in [1.82, 2.24) is 4.72 Å². The van der Waals surface area contributed by atoms with Crippen LogP contribution in [0.25, 0.3) is 0 Å². The molecule has 3 aromatic carbocycles. The summed E-state index contributed by atoms with van der Waals surface area (Å²) in [6, 6.07) is 31.3. The van der Waals surface area contributed by atoms with Gasteiger partial charge in [0.1, 0.15) is 8.07 Å². The molecular weight excluding hydrogens is 470 g/mol. The van der Waals surface area contributed by atoms with E-state index in [1.54, 1.807) is 0 Å². The Bertz CT molecular complexity index is 1000. The van der Waals surface area contributed by atoms with Gasteiger partial charge in [-0.1, -0.05) is 108 Å². The molecule has 2 N–H and O–H groups in total. The highest BCUT2D eigenvalue weighted by Crippen LogP contribution is 2.30. The van der Waals surface area contributed by atoms with Gasteiger partial charge < -0.3 is 9.84 Å². The summed E-state index contributed by atoms with van der Waals surface area (Å²) in [5.41, 5.74) is 1.11. The molecule has 188 valence electrons. The molecule has 0 aliphatic heterocycles. The van der Waals surface area contributed by atoms with Crippen molar-refractivity contribution in [3.05, 3.63) is 96.6 Å². The molecule has 3 aromatic rings. The van der Waals surface area contributed by atoms with Crippen molar-refractivity contribution < 1.29 is 14.1 Å².